The van der Waals surface area contributed by atoms with Crippen LogP contribution in [0, 0.1) is 6.92 Å². The van der Waals surface area contributed by atoms with Gasteiger partial charge in [0.25, 0.3) is 0 Å². The SMILES string of the molecule is Cc1cc(CNC(=O)Nc2ccc(SC(F)(F)F)cc2)nc(N2CCCCC2)n1. The van der Waals surface area contributed by atoms with E-state index < -0.39 is 11.5 Å². The third-order valence-corrected chi connectivity index (χ3v) is 5.05. The summed E-state index contributed by atoms with van der Waals surface area (Å²) in [5, 5.41) is 5.31. The van der Waals surface area contributed by atoms with Crippen LogP contribution in [-0.4, -0.2) is 34.6 Å². The van der Waals surface area contributed by atoms with Crippen molar-refractivity contribution in [3.05, 3.63) is 41.7 Å². The van der Waals surface area contributed by atoms with Crippen molar-refractivity contribution in [1.29, 1.82) is 0 Å². The number of carbonyl (C=O) groups excluding carboxylic acids is 1. The van der Waals surface area contributed by atoms with Crippen LogP contribution >= 0.6 is 11.8 Å². The van der Waals surface area contributed by atoms with Gasteiger partial charge in [0.15, 0.2) is 0 Å². The van der Waals surface area contributed by atoms with Gasteiger partial charge in [0, 0.05) is 29.4 Å². The molecule has 2 amide bonds. The van der Waals surface area contributed by atoms with E-state index in [1.807, 2.05) is 13.0 Å². The third-order valence-electron chi connectivity index (χ3n) is 4.31. The lowest BCUT2D eigenvalue weighted by Gasteiger charge is -2.27. The molecule has 0 aliphatic carbocycles. The van der Waals surface area contributed by atoms with Crippen LogP contribution in [0.15, 0.2) is 35.2 Å². The predicted molar refractivity (Wildman–Crippen MR) is 107 cm³/mol. The average molecular weight is 425 g/mol. The number of alkyl halides is 3. The van der Waals surface area contributed by atoms with E-state index >= 15 is 0 Å². The number of halogens is 3. The average Bonchev–Trinajstić information content (AvgIpc) is 2.67. The first-order valence-corrected chi connectivity index (χ1v) is 10.1. The monoisotopic (exact) mass is 425 g/mol. The lowest BCUT2D eigenvalue weighted by Crippen LogP contribution is -2.32. The number of aryl methyl sites for hydroxylation is 1. The minimum Gasteiger partial charge on any atom is -0.341 e. The molecule has 1 aromatic heterocycles. The maximum Gasteiger partial charge on any atom is 0.446 e. The summed E-state index contributed by atoms with van der Waals surface area (Å²) < 4.78 is 37.1. The smallest absolute Gasteiger partial charge is 0.341 e. The molecule has 0 radical (unpaired) electrons. The Labute approximate surface area is 171 Å². The molecule has 3 rings (SSSR count). The van der Waals surface area contributed by atoms with E-state index in [4.69, 9.17) is 0 Å². The molecule has 0 unspecified atom stereocenters. The number of piperidine rings is 1. The first kappa shape index (κ1) is 21.2. The molecule has 10 heteroatoms. The molecular weight excluding hydrogens is 403 g/mol. The molecule has 29 heavy (non-hydrogen) atoms. The topological polar surface area (TPSA) is 70.2 Å². The normalized spacial score (nSPS) is 14.6. The Balaban J connectivity index is 1.54. The zero-order valence-corrected chi connectivity index (χ0v) is 16.7. The summed E-state index contributed by atoms with van der Waals surface area (Å²) in [5.74, 6) is 0.680. The fraction of sp³-hybridized carbons (Fsp3) is 0.421. The van der Waals surface area contributed by atoms with Crippen LogP contribution in [0.3, 0.4) is 0 Å². The van der Waals surface area contributed by atoms with Crippen molar-refractivity contribution in [2.45, 2.75) is 43.1 Å². The van der Waals surface area contributed by atoms with E-state index in [2.05, 4.69) is 25.5 Å². The molecule has 0 bridgehead atoms. The zero-order valence-electron chi connectivity index (χ0n) is 15.9. The molecule has 1 aromatic carbocycles. The number of hydrogen-bond donors (Lipinski definition) is 2. The number of anilines is 2. The van der Waals surface area contributed by atoms with Crippen molar-refractivity contribution >= 4 is 29.4 Å². The second kappa shape index (κ2) is 9.34. The van der Waals surface area contributed by atoms with E-state index in [0.29, 0.717) is 17.3 Å². The fourth-order valence-electron chi connectivity index (χ4n) is 3.03. The number of benzene rings is 1. The molecule has 1 aliphatic rings. The van der Waals surface area contributed by atoms with Crippen LogP contribution in [0.4, 0.5) is 29.6 Å². The minimum absolute atomic E-state index is 0.0603. The number of hydrogen-bond acceptors (Lipinski definition) is 5. The number of rotatable bonds is 5. The zero-order chi connectivity index (χ0) is 20.9. The number of thioether (sulfide) groups is 1. The molecule has 0 atom stereocenters. The maximum atomic E-state index is 12.4. The summed E-state index contributed by atoms with van der Waals surface area (Å²) in [6, 6.07) is 6.83. The number of amides is 2. The molecule has 0 spiro atoms. The van der Waals surface area contributed by atoms with Crippen molar-refractivity contribution in [3.8, 4) is 0 Å². The number of aromatic nitrogens is 2. The predicted octanol–water partition coefficient (Wildman–Crippen LogP) is 4.71. The Kier molecular flexibility index (Phi) is 6.83. The first-order chi connectivity index (χ1) is 13.8. The minimum atomic E-state index is -4.34. The molecule has 1 saturated heterocycles. The van der Waals surface area contributed by atoms with Crippen LogP contribution in [-0.2, 0) is 6.54 Å². The largest absolute Gasteiger partial charge is 0.446 e. The highest BCUT2D eigenvalue weighted by Gasteiger charge is 2.29. The Morgan fingerprint density at radius 2 is 1.83 bits per heavy atom. The summed E-state index contributed by atoms with van der Waals surface area (Å²) in [7, 11) is 0. The second-order valence-electron chi connectivity index (χ2n) is 6.73. The molecule has 2 heterocycles. The molecule has 6 nitrogen and oxygen atoms in total. The van der Waals surface area contributed by atoms with E-state index in [1.54, 1.807) is 0 Å². The van der Waals surface area contributed by atoms with Crippen molar-refractivity contribution in [1.82, 2.24) is 15.3 Å². The lowest BCUT2D eigenvalue weighted by atomic mass is 10.1. The van der Waals surface area contributed by atoms with Gasteiger partial charge in [-0.3, -0.25) is 0 Å². The molecule has 2 N–H and O–H groups in total. The van der Waals surface area contributed by atoms with Crippen LogP contribution in [0.5, 0.6) is 0 Å². The third kappa shape index (κ3) is 6.81. The van der Waals surface area contributed by atoms with Gasteiger partial charge in [-0.1, -0.05) is 0 Å². The molecule has 1 fully saturated rings. The van der Waals surface area contributed by atoms with Crippen molar-refractivity contribution in [3.63, 3.8) is 0 Å². The first-order valence-electron chi connectivity index (χ1n) is 9.29. The van der Waals surface area contributed by atoms with E-state index in [1.165, 1.54) is 30.7 Å². The van der Waals surface area contributed by atoms with Crippen molar-refractivity contribution in [2.24, 2.45) is 0 Å². The molecule has 1 aliphatic heterocycles. The summed E-state index contributed by atoms with van der Waals surface area (Å²) in [6.07, 6.45) is 3.45. The molecule has 2 aromatic rings. The van der Waals surface area contributed by atoms with Gasteiger partial charge in [0.1, 0.15) is 0 Å². The number of nitrogens with zero attached hydrogens (tertiary/aromatic N) is 3. The van der Waals surface area contributed by atoms with Gasteiger partial charge in [-0.25, -0.2) is 14.8 Å². The highest BCUT2D eigenvalue weighted by atomic mass is 32.2. The molecular formula is C19H22F3N5OS. The lowest BCUT2D eigenvalue weighted by molar-refractivity contribution is -0.0328. The fourth-order valence-corrected chi connectivity index (χ4v) is 3.57. The van der Waals surface area contributed by atoms with Crippen molar-refractivity contribution in [2.75, 3.05) is 23.3 Å². The highest BCUT2D eigenvalue weighted by molar-refractivity contribution is 8.00. The summed E-state index contributed by atoms with van der Waals surface area (Å²) in [4.78, 5) is 23.4. The summed E-state index contributed by atoms with van der Waals surface area (Å²) in [6.45, 7) is 3.97. The Morgan fingerprint density at radius 1 is 1.14 bits per heavy atom. The van der Waals surface area contributed by atoms with Crippen molar-refractivity contribution < 1.29 is 18.0 Å². The van der Waals surface area contributed by atoms with Crippen LogP contribution in [0.25, 0.3) is 0 Å². The van der Waals surface area contributed by atoms with Gasteiger partial charge >= 0.3 is 11.5 Å². The van der Waals surface area contributed by atoms with Crippen LogP contribution in [0.2, 0.25) is 0 Å². The second-order valence-corrected chi connectivity index (χ2v) is 7.87. The van der Waals surface area contributed by atoms with Crippen LogP contribution < -0.4 is 15.5 Å². The summed E-state index contributed by atoms with van der Waals surface area (Å²) >= 11 is -0.196. The van der Waals surface area contributed by atoms with Gasteiger partial charge in [0.05, 0.1) is 12.2 Å². The molecule has 0 saturated carbocycles. The number of urea groups is 1. The maximum absolute atomic E-state index is 12.4. The van der Waals surface area contributed by atoms with E-state index in [9.17, 15) is 18.0 Å². The summed E-state index contributed by atoms with van der Waals surface area (Å²) in [5.41, 5.74) is -2.41. The standard InChI is InChI=1S/C19H22F3N5OS/c1-13-11-15(25-17(24-13)27-9-3-2-4-10-27)12-23-18(28)26-14-5-7-16(8-6-14)29-19(20,21)22/h5-8,11H,2-4,9-10,12H2,1H3,(H2,23,26,28). The number of nitrogens with one attached hydrogen (secondary N) is 2. The molecule has 156 valence electrons. The van der Waals surface area contributed by atoms with E-state index in [-0.39, 0.29) is 23.2 Å². The Bertz CT molecular complexity index is 839. The highest BCUT2D eigenvalue weighted by Crippen LogP contribution is 2.37. The van der Waals surface area contributed by atoms with Gasteiger partial charge in [-0.2, -0.15) is 13.2 Å². The van der Waals surface area contributed by atoms with Gasteiger partial charge in [-0.15, -0.1) is 0 Å². The van der Waals surface area contributed by atoms with E-state index in [0.717, 1.165) is 31.6 Å². The Morgan fingerprint density at radius 3 is 2.48 bits per heavy atom. The van der Waals surface area contributed by atoms with Gasteiger partial charge in [-0.05, 0) is 68.3 Å². The number of carbonyl (C=O) groups is 1. The quantitative estimate of drug-likeness (QED) is 0.679. The van der Waals surface area contributed by atoms with Gasteiger partial charge < -0.3 is 15.5 Å². The van der Waals surface area contributed by atoms with Crippen LogP contribution in [0.1, 0.15) is 30.7 Å². The Hall–Kier alpha value is -2.49. The van der Waals surface area contributed by atoms with Gasteiger partial charge in [0.2, 0.25) is 5.95 Å².